The molecule has 100 valence electrons. The Balaban J connectivity index is 3.00. The van der Waals surface area contributed by atoms with Gasteiger partial charge in [0.1, 0.15) is 5.92 Å². The summed E-state index contributed by atoms with van der Waals surface area (Å²) in [5, 5.41) is 9.27. The molecule has 1 fully saturated rings. The van der Waals surface area contributed by atoms with E-state index in [1.807, 2.05) is 6.92 Å². The maximum Gasteiger partial charge on any atom is 0.323 e. The number of hydrogen-bond donors (Lipinski definition) is 0. The first-order chi connectivity index (χ1) is 8.32. The summed E-state index contributed by atoms with van der Waals surface area (Å²) in [5.74, 6) is -0.798. The summed E-state index contributed by atoms with van der Waals surface area (Å²) in [6, 6.07) is 2.13. The van der Waals surface area contributed by atoms with Crippen LogP contribution < -0.4 is 0 Å². The summed E-state index contributed by atoms with van der Waals surface area (Å²) >= 11 is 0. The normalized spacial score (nSPS) is 27.9. The molecule has 3 atom stereocenters. The topological polar surface area (TPSA) is 50.1 Å². The fraction of sp³-hybridized carbons (Fsp3) is 0.733. The third-order valence-electron chi connectivity index (χ3n) is 4.09. The Bertz CT molecular complexity index is 378. The predicted molar refractivity (Wildman–Crippen MR) is 70.5 cm³/mol. The number of nitrogens with zero attached hydrogens (tertiary/aromatic N) is 1. The molecule has 0 saturated heterocycles. The van der Waals surface area contributed by atoms with Crippen LogP contribution in [0.4, 0.5) is 0 Å². The number of methoxy groups -OCH3 is 1. The molecule has 3 unspecified atom stereocenters. The van der Waals surface area contributed by atoms with E-state index in [9.17, 15) is 10.1 Å². The number of hydrogen-bond acceptors (Lipinski definition) is 3. The van der Waals surface area contributed by atoms with E-state index in [-0.39, 0.29) is 17.3 Å². The van der Waals surface area contributed by atoms with Gasteiger partial charge in [0.2, 0.25) is 0 Å². The number of ether oxygens (including phenoxy) is 1. The zero-order valence-electron chi connectivity index (χ0n) is 11.8. The van der Waals surface area contributed by atoms with Crippen molar-refractivity contribution in [1.82, 2.24) is 0 Å². The molecule has 0 heterocycles. The van der Waals surface area contributed by atoms with Crippen LogP contribution in [0.5, 0.6) is 0 Å². The van der Waals surface area contributed by atoms with Crippen molar-refractivity contribution in [3.63, 3.8) is 0 Å². The molecule has 0 amide bonds. The molecule has 1 aliphatic rings. The smallest absolute Gasteiger partial charge is 0.323 e. The number of nitriles is 1. The Labute approximate surface area is 110 Å². The first kappa shape index (κ1) is 14.8. The van der Waals surface area contributed by atoms with Gasteiger partial charge in [-0.15, -0.1) is 0 Å². The fourth-order valence-electron chi connectivity index (χ4n) is 3.05. The molecule has 1 rings (SSSR count). The number of carbonyl (C=O) groups excluding carboxylic acids is 1. The largest absolute Gasteiger partial charge is 0.468 e. The highest BCUT2D eigenvalue weighted by atomic mass is 16.5. The maximum absolute atomic E-state index is 11.7. The van der Waals surface area contributed by atoms with E-state index in [0.29, 0.717) is 0 Å². The minimum Gasteiger partial charge on any atom is -0.468 e. The average Bonchev–Trinajstić information content (AvgIpc) is 2.28. The van der Waals surface area contributed by atoms with Crippen molar-refractivity contribution in [2.75, 3.05) is 7.11 Å². The van der Waals surface area contributed by atoms with Crippen molar-refractivity contribution in [2.24, 2.45) is 23.2 Å². The van der Waals surface area contributed by atoms with Crippen LogP contribution in [-0.2, 0) is 9.53 Å². The Morgan fingerprint density at radius 1 is 1.56 bits per heavy atom. The van der Waals surface area contributed by atoms with Gasteiger partial charge in [0.25, 0.3) is 0 Å². The Morgan fingerprint density at radius 2 is 2.17 bits per heavy atom. The zero-order chi connectivity index (χ0) is 13.9. The highest BCUT2D eigenvalue weighted by Gasteiger charge is 2.42. The fourth-order valence-corrected chi connectivity index (χ4v) is 3.05. The van der Waals surface area contributed by atoms with Crippen molar-refractivity contribution in [3.8, 4) is 6.07 Å². The Hall–Kier alpha value is -1.30. The van der Waals surface area contributed by atoms with Gasteiger partial charge < -0.3 is 4.74 Å². The van der Waals surface area contributed by atoms with E-state index in [1.165, 1.54) is 7.11 Å². The molecule has 1 saturated carbocycles. The molecule has 0 aromatic carbocycles. The van der Waals surface area contributed by atoms with Crippen molar-refractivity contribution >= 4 is 5.97 Å². The Morgan fingerprint density at radius 3 is 2.61 bits per heavy atom. The van der Waals surface area contributed by atoms with Gasteiger partial charge in [-0.05, 0) is 43.4 Å². The van der Waals surface area contributed by atoms with Gasteiger partial charge in [-0.2, -0.15) is 5.26 Å². The van der Waals surface area contributed by atoms with Crippen LogP contribution in [0.3, 0.4) is 0 Å². The van der Waals surface area contributed by atoms with Crippen LogP contribution in [0.2, 0.25) is 0 Å². The summed E-state index contributed by atoms with van der Waals surface area (Å²) in [7, 11) is 1.34. The van der Waals surface area contributed by atoms with Gasteiger partial charge >= 0.3 is 5.97 Å². The lowest BCUT2D eigenvalue weighted by Crippen LogP contribution is -2.37. The average molecular weight is 249 g/mol. The molecule has 3 heteroatoms. The number of carbonyl (C=O) groups is 1. The highest BCUT2D eigenvalue weighted by molar-refractivity contribution is 5.75. The van der Waals surface area contributed by atoms with E-state index in [2.05, 4.69) is 26.5 Å². The van der Waals surface area contributed by atoms with Crippen LogP contribution in [0.15, 0.2) is 12.2 Å². The molecule has 0 aromatic rings. The molecule has 0 aliphatic heterocycles. The van der Waals surface area contributed by atoms with E-state index in [4.69, 9.17) is 4.74 Å². The van der Waals surface area contributed by atoms with Gasteiger partial charge in [-0.25, -0.2) is 0 Å². The van der Waals surface area contributed by atoms with Crippen LogP contribution in [0, 0.1) is 34.5 Å². The van der Waals surface area contributed by atoms with Crippen molar-refractivity contribution in [2.45, 2.75) is 40.0 Å². The van der Waals surface area contributed by atoms with Crippen molar-refractivity contribution in [3.05, 3.63) is 12.2 Å². The first-order valence-corrected chi connectivity index (χ1v) is 6.45. The van der Waals surface area contributed by atoms with Gasteiger partial charge in [0, 0.05) is 0 Å². The van der Waals surface area contributed by atoms with Crippen LogP contribution in [0.25, 0.3) is 0 Å². The summed E-state index contributed by atoms with van der Waals surface area (Å²) in [6.45, 7) is 10.4. The van der Waals surface area contributed by atoms with Crippen LogP contribution in [-0.4, -0.2) is 13.1 Å². The van der Waals surface area contributed by atoms with E-state index >= 15 is 0 Å². The van der Waals surface area contributed by atoms with Crippen molar-refractivity contribution in [1.29, 1.82) is 5.26 Å². The van der Waals surface area contributed by atoms with Gasteiger partial charge in [0.15, 0.2) is 0 Å². The second-order valence-corrected chi connectivity index (χ2v) is 6.15. The zero-order valence-corrected chi connectivity index (χ0v) is 11.8. The molecule has 1 aliphatic carbocycles. The molecule has 18 heavy (non-hydrogen) atoms. The Kier molecular flexibility index (Phi) is 4.56. The standard InChI is InChI=1S/C15H23NO2/c1-10(2)11-6-7-15(3,4)8-12(11)13(9-16)14(17)18-5/h11-13H,1,6-8H2,2-5H3. The second kappa shape index (κ2) is 5.56. The van der Waals surface area contributed by atoms with E-state index in [1.54, 1.807) is 0 Å². The van der Waals surface area contributed by atoms with E-state index < -0.39 is 11.9 Å². The van der Waals surface area contributed by atoms with Gasteiger partial charge in [0.05, 0.1) is 13.2 Å². The SMILES string of the molecule is C=C(C)C1CCC(C)(C)CC1C(C#N)C(=O)OC. The lowest BCUT2D eigenvalue weighted by molar-refractivity contribution is -0.146. The second-order valence-electron chi connectivity index (χ2n) is 6.15. The molecule has 0 N–H and O–H groups in total. The molecule has 0 bridgehead atoms. The summed E-state index contributed by atoms with van der Waals surface area (Å²) in [6.07, 6.45) is 2.99. The first-order valence-electron chi connectivity index (χ1n) is 6.45. The summed E-state index contributed by atoms with van der Waals surface area (Å²) in [5.41, 5.74) is 1.25. The molecular weight excluding hydrogens is 226 g/mol. The number of allylic oxidation sites excluding steroid dienone is 1. The quantitative estimate of drug-likeness (QED) is 0.569. The molecule has 0 aromatic heterocycles. The third-order valence-corrected chi connectivity index (χ3v) is 4.09. The maximum atomic E-state index is 11.7. The van der Waals surface area contributed by atoms with Gasteiger partial charge in [-0.3, -0.25) is 4.79 Å². The molecule has 0 spiro atoms. The minimum atomic E-state index is -0.670. The lowest BCUT2D eigenvalue weighted by Gasteiger charge is -2.42. The monoisotopic (exact) mass is 249 g/mol. The van der Waals surface area contributed by atoms with Crippen LogP contribution >= 0.6 is 0 Å². The molecule has 0 radical (unpaired) electrons. The molecule has 3 nitrogen and oxygen atoms in total. The third kappa shape index (κ3) is 3.13. The summed E-state index contributed by atoms with van der Waals surface area (Å²) in [4.78, 5) is 11.7. The van der Waals surface area contributed by atoms with Gasteiger partial charge in [-0.1, -0.05) is 26.0 Å². The number of esters is 1. The summed E-state index contributed by atoms with van der Waals surface area (Å²) < 4.78 is 4.76. The number of rotatable bonds is 3. The van der Waals surface area contributed by atoms with Crippen LogP contribution in [0.1, 0.15) is 40.0 Å². The van der Waals surface area contributed by atoms with E-state index in [0.717, 1.165) is 24.8 Å². The van der Waals surface area contributed by atoms with Crippen molar-refractivity contribution < 1.29 is 9.53 Å². The highest BCUT2D eigenvalue weighted by Crippen LogP contribution is 2.47. The minimum absolute atomic E-state index is 0.0312. The predicted octanol–water partition coefficient (Wildman–Crippen LogP) is 3.32. The lowest BCUT2D eigenvalue weighted by atomic mass is 9.62. The molecular formula is C15H23NO2.